The number of para-hydroxylation sites is 1. The first-order chi connectivity index (χ1) is 15.6. The summed E-state index contributed by atoms with van der Waals surface area (Å²) in [7, 11) is 0. The molecule has 0 atom stereocenters. The Kier molecular flexibility index (Phi) is 7.03. The lowest BCUT2D eigenvalue weighted by Gasteiger charge is -2.31. The molecule has 1 saturated heterocycles. The summed E-state index contributed by atoms with van der Waals surface area (Å²) in [5, 5.41) is 6.37. The number of halogens is 1. The van der Waals surface area contributed by atoms with E-state index in [-0.39, 0.29) is 11.8 Å². The van der Waals surface area contributed by atoms with E-state index in [9.17, 15) is 9.59 Å². The number of hydrogen-bond acceptors (Lipinski definition) is 5. The van der Waals surface area contributed by atoms with E-state index in [1.165, 1.54) is 0 Å². The van der Waals surface area contributed by atoms with Crippen LogP contribution in [0.1, 0.15) is 16.8 Å². The number of nitrogens with one attached hydrogen (secondary N) is 2. The zero-order valence-electron chi connectivity index (χ0n) is 17.5. The van der Waals surface area contributed by atoms with E-state index in [1.54, 1.807) is 49.1 Å². The summed E-state index contributed by atoms with van der Waals surface area (Å²) >= 11 is 6.45. The molecule has 1 aliphatic heterocycles. The van der Waals surface area contributed by atoms with E-state index in [4.69, 9.17) is 16.3 Å². The molecular formula is C23H24ClN5O3. The van der Waals surface area contributed by atoms with Crippen LogP contribution in [0.15, 0.2) is 61.2 Å². The van der Waals surface area contributed by atoms with Gasteiger partial charge in [0.1, 0.15) is 0 Å². The van der Waals surface area contributed by atoms with Gasteiger partial charge in [0.2, 0.25) is 5.91 Å². The number of amides is 2. The Morgan fingerprint density at radius 1 is 1.09 bits per heavy atom. The van der Waals surface area contributed by atoms with Crippen molar-refractivity contribution in [2.24, 2.45) is 0 Å². The van der Waals surface area contributed by atoms with E-state index >= 15 is 0 Å². The molecule has 9 heteroatoms. The lowest BCUT2D eigenvalue weighted by Crippen LogP contribution is -2.37. The van der Waals surface area contributed by atoms with Crippen LogP contribution in [0.25, 0.3) is 0 Å². The second-order valence-electron chi connectivity index (χ2n) is 7.37. The fourth-order valence-corrected chi connectivity index (χ4v) is 3.82. The average Bonchev–Trinajstić information content (AvgIpc) is 3.32. The number of ether oxygens (including phenoxy) is 1. The van der Waals surface area contributed by atoms with Crippen LogP contribution in [0.4, 0.5) is 17.1 Å². The fourth-order valence-electron chi connectivity index (χ4n) is 3.53. The lowest BCUT2D eigenvalue weighted by molar-refractivity contribution is -0.116. The number of aryl methyl sites for hydroxylation is 1. The van der Waals surface area contributed by atoms with Gasteiger partial charge < -0.3 is 24.8 Å². The number of rotatable bonds is 7. The zero-order valence-corrected chi connectivity index (χ0v) is 18.2. The van der Waals surface area contributed by atoms with Gasteiger partial charge in [-0.25, -0.2) is 4.98 Å². The number of anilines is 3. The van der Waals surface area contributed by atoms with Gasteiger partial charge in [-0.05, 0) is 30.3 Å². The summed E-state index contributed by atoms with van der Waals surface area (Å²) < 4.78 is 7.26. The van der Waals surface area contributed by atoms with E-state index in [2.05, 4.69) is 20.5 Å². The topological polar surface area (TPSA) is 88.5 Å². The van der Waals surface area contributed by atoms with E-state index < -0.39 is 0 Å². The molecule has 8 nitrogen and oxygen atoms in total. The van der Waals surface area contributed by atoms with Gasteiger partial charge >= 0.3 is 0 Å². The zero-order chi connectivity index (χ0) is 22.3. The normalized spacial score (nSPS) is 13.6. The largest absolute Gasteiger partial charge is 0.378 e. The van der Waals surface area contributed by atoms with Crippen LogP contribution in [-0.2, 0) is 16.1 Å². The highest BCUT2D eigenvalue weighted by Crippen LogP contribution is 2.34. The summed E-state index contributed by atoms with van der Waals surface area (Å²) in [4.78, 5) is 31.3. The Labute approximate surface area is 191 Å². The first-order valence-electron chi connectivity index (χ1n) is 10.4. The summed E-state index contributed by atoms with van der Waals surface area (Å²) in [6, 6.07) is 12.3. The summed E-state index contributed by atoms with van der Waals surface area (Å²) in [5.74, 6) is -0.419. The number of imidazole rings is 1. The van der Waals surface area contributed by atoms with Crippen LogP contribution < -0.4 is 15.5 Å². The van der Waals surface area contributed by atoms with Crippen molar-refractivity contribution in [1.29, 1.82) is 0 Å². The molecule has 166 valence electrons. The molecule has 0 spiro atoms. The van der Waals surface area contributed by atoms with Gasteiger partial charge in [0.05, 0.1) is 35.9 Å². The van der Waals surface area contributed by atoms with E-state index in [0.717, 1.165) is 5.69 Å². The van der Waals surface area contributed by atoms with Crippen LogP contribution in [0, 0.1) is 0 Å². The van der Waals surface area contributed by atoms with E-state index in [1.807, 2.05) is 16.7 Å². The van der Waals surface area contributed by atoms with Gasteiger partial charge in [-0.1, -0.05) is 23.7 Å². The second-order valence-corrected chi connectivity index (χ2v) is 7.78. The van der Waals surface area contributed by atoms with Crippen molar-refractivity contribution in [2.45, 2.75) is 13.0 Å². The third-order valence-electron chi connectivity index (χ3n) is 5.13. The monoisotopic (exact) mass is 453 g/mol. The maximum atomic E-state index is 13.0. The summed E-state index contributed by atoms with van der Waals surface area (Å²) in [6.45, 7) is 3.16. The van der Waals surface area contributed by atoms with Crippen molar-refractivity contribution in [3.05, 3.63) is 71.8 Å². The SMILES string of the molecule is O=C(CCn1ccnc1)Nc1cccc(C(=O)Nc2cccc(Cl)c2N2CCOCC2)c1. The van der Waals surface area contributed by atoms with Gasteiger partial charge in [-0.15, -0.1) is 0 Å². The van der Waals surface area contributed by atoms with Crippen LogP contribution in [0.5, 0.6) is 0 Å². The van der Waals surface area contributed by atoms with Crippen molar-refractivity contribution in [1.82, 2.24) is 9.55 Å². The minimum atomic E-state index is -0.281. The Morgan fingerprint density at radius 3 is 2.69 bits per heavy atom. The molecule has 0 saturated carbocycles. The molecule has 2 aromatic carbocycles. The number of carbonyl (C=O) groups excluding carboxylic acids is 2. The van der Waals surface area contributed by atoms with Crippen LogP contribution in [0.2, 0.25) is 5.02 Å². The van der Waals surface area contributed by atoms with Crippen molar-refractivity contribution in [3.63, 3.8) is 0 Å². The molecule has 1 aromatic heterocycles. The smallest absolute Gasteiger partial charge is 0.255 e. The van der Waals surface area contributed by atoms with Gasteiger partial charge in [-0.2, -0.15) is 0 Å². The molecular weight excluding hydrogens is 430 g/mol. The number of carbonyl (C=O) groups is 2. The minimum Gasteiger partial charge on any atom is -0.378 e. The van der Waals surface area contributed by atoms with Gasteiger partial charge in [0.15, 0.2) is 0 Å². The molecule has 1 aliphatic rings. The van der Waals surface area contributed by atoms with Crippen LogP contribution in [0.3, 0.4) is 0 Å². The molecule has 2 heterocycles. The minimum absolute atomic E-state index is 0.138. The van der Waals surface area contributed by atoms with Gasteiger partial charge in [0.25, 0.3) is 5.91 Å². The number of aromatic nitrogens is 2. The quantitative estimate of drug-likeness (QED) is 0.570. The molecule has 0 aliphatic carbocycles. The number of nitrogens with zero attached hydrogens (tertiary/aromatic N) is 3. The highest BCUT2D eigenvalue weighted by Gasteiger charge is 2.19. The lowest BCUT2D eigenvalue weighted by atomic mass is 10.1. The molecule has 1 fully saturated rings. The van der Waals surface area contributed by atoms with Crippen LogP contribution in [-0.4, -0.2) is 47.7 Å². The predicted molar refractivity (Wildman–Crippen MR) is 124 cm³/mol. The Morgan fingerprint density at radius 2 is 1.91 bits per heavy atom. The maximum Gasteiger partial charge on any atom is 0.255 e. The molecule has 2 amide bonds. The standard InChI is InChI=1S/C23H24ClN5O3/c24-19-5-2-6-20(22(19)29-11-13-32-14-12-29)27-23(31)17-3-1-4-18(15-17)26-21(30)7-9-28-10-8-25-16-28/h1-6,8,10,15-16H,7,9,11-14H2,(H,26,30)(H,27,31). The molecule has 0 bridgehead atoms. The van der Waals surface area contributed by atoms with Crippen molar-refractivity contribution < 1.29 is 14.3 Å². The maximum absolute atomic E-state index is 13.0. The fraction of sp³-hybridized carbons (Fsp3) is 0.261. The highest BCUT2D eigenvalue weighted by molar-refractivity contribution is 6.34. The summed E-state index contributed by atoms with van der Waals surface area (Å²) in [6.07, 6.45) is 5.45. The highest BCUT2D eigenvalue weighted by atomic mass is 35.5. The number of hydrogen-bond donors (Lipinski definition) is 2. The molecule has 4 rings (SSSR count). The Hall–Kier alpha value is -3.36. The van der Waals surface area contributed by atoms with Gasteiger partial charge in [-0.3, -0.25) is 9.59 Å². The third-order valence-corrected chi connectivity index (χ3v) is 5.43. The average molecular weight is 454 g/mol. The van der Waals surface area contributed by atoms with Crippen molar-refractivity contribution in [2.75, 3.05) is 41.8 Å². The first kappa shape index (κ1) is 21.9. The molecule has 3 aromatic rings. The third kappa shape index (κ3) is 5.46. The summed E-state index contributed by atoms with van der Waals surface area (Å²) in [5.41, 5.74) is 2.42. The first-order valence-corrected chi connectivity index (χ1v) is 10.8. The van der Waals surface area contributed by atoms with Crippen molar-refractivity contribution in [3.8, 4) is 0 Å². The Bertz CT molecular complexity index is 1080. The van der Waals surface area contributed by atoms with Crippen LogP contribution >= 0.6 is 11.6 Å². The van der Waals surface area contributed by atoms with Gasteiger partial charge in [0, 0.05) is 49.7 Å². The number of morpholine rings is 1. The predicted octanol–water partition coefficient (Wildman–Crippen LogP) is 3.65. The molecule has 0 radical (unpaired) electrons. The Balaban J connectivity index is 1.43. The molecule has 2 N–H and O–H groups in total. The van der Waals surface area contributed by atoms with E-state index in [0.29, 0.717) is 61.2 Å². The molecule has 32 heavy (non-hydrogen) atoms. The second kappa shape index (κ2) is 10.3. The number of benzene rings is 2. The van der Waals surface area contributed by atoms with Crippen molar-refractivity contribution >= 4 is 40.5 Å². The molecule has 0 unspecified atom stereocenters.